The average Bonchev–Trinajstić information content (AvgIpc) is 3.31. The number of furan rings is 1. The number of nitrogens with zero attached hydrogens (tertiary/aromatic N) is 4. The SMILES string of the molecule is N#Cc1oc2ccccc2c1NC(=O)CN1CCN(c2nccs2)CC1. The second-order valence-electron chi connectivity index (χ2n) is 6.04. The van der Waals surface area contributed by atoms with Crippen molar-refractivity contribution < 1.29 is 9.21 Å². The molecule has 4 rings (SSSR count). The molecule has 0 atom stereocenters. The maximum Gasteiger partial charge on any atom is 0.238 e. The fourth-order valence-electron chi connectivity index (χ4n) is 3.10. The zero-order chi connectivity index (χ0) is 17.9. The molecular formula is C18H17N5O2S. The third-order valence-corrected chi connectivity index (χ3v) is 5.22. The van der Waals surface area contributed by atoms with Crippen LogP contribution in [0.2, 0.25) is 0 Å². The number of benzene rings is 1. The zero-order valence-electron chi connectivity index (χ0n) is 14.0. The van der Waals surface area contributed by atoms with Crippen LogP contribution in [0.25, 0.3) is 11.0 Å². The molecule has 1 saturated heterocycles. The van der Waals surface area contributed by atoms with Crippen LogP contribution in [0.3, 0.4) is 0 Å². The average molecular weight is 367 g/mol. The summed E-state index contributed by atoms with van der Waals surface area (Å²) in [6.07, 6.45) is 1.81. The predicted molar refractivity (Wildman–Crippen MR) is 100 cm³/mol. The Morgan fingerprint density at radius 1 is 1.31 bits per heavy atom. The fraction of sp³-hybridized carbons (Fsp3) is 0.278. The van der Waals surface area contributed by atoms with E-state index < -0.39 is 0 Å². The number of thiazole rings is 1. The number of aromatic nitrogens is 1. The number of hydrogen-bond acceptors (Lipinski definition) is 7. The Bertz CT molecular complexity index is 952. The van der Waals surface area contributed by atoms with Gasteiger partial charge >= 0.3 is 0 Å². The zero-order valence-corrected chi connectivity index (χ0v) is 14.8. The van der Waals surface area contributed by atoms with E-state index in [4.69, 9.17) is 4.42 Å². The summed E-state index contributed by atoms with van der Waals surface area (Å²) in [6.45, 7) is 3.57. The molecule has 0 radical (unpaired) electrons. The molecule has 0 bridgehead atoms. The Labute approximate surface area is 154 Å². The molecule has 1 fully saturated rings. The van der Waals surface area contributed by atoms with E-state index in [2.05, 4.69) is 20.1 Å². The van der Waals surface area contributed by atoms with Crippen LogP contribution in [0.4, 0.5) is 10.8 Å². The Hall–Kier alpha value is -2.89. The number of carbonyl (C=O) groups excluding carboxylic acids is 1. The van der Waals surface area contributed by atoms with Gasteiger partial charge in [-0.2, -0.15) is 5.26 Å². The maximum absolute atomic E-state index is 12.5. The third kappa shape index (κ3) is 3.27. The molecule has 2 aromatic heterocycles. The molecule has 7 nitrogen and oxygen atoms in total. The lowest BCUT2D eigenvalue weighted by Crippen LogP contribution is -2.48. The lowest BCUT2D eigenvalue weighted by Gasteiger charge is -2.34. The second kappa shape index (κ2) is 7.15. The van der Waals surface area contributed by atoms with E-state index in [9.17, 15) is 10.1 Å². The Morgan fingerprint density at radius 3 is 2.85 bits per heavy atom. The predicted octanol–water partition coefficient (Wildman–Crippen LogP) is 2.52. The van der Waals surface area contributed by atoms with Gasteiger partial charge in [0.05, 0.1) is 6.54 Å². The van der Waals surface area contributed by atoms with E-state index in [0.29, 0.717) is 11.3 Å². The van der Waals surface area contributed by atoms with Crippen LogP contribution in [0.1, 0.15) is 5.76 Å². The summed E-state index contributed by atoms with van der Waals surface area (Å²) in [6, 6.07) is 9.31. The van der Waals surface area contributed by atoms with E-state index in [0.717, 1.165) is 36.7 Å². The first-order chi connectivity index (χ1) is 12.7. The quantitative estimate of drug-likeness (QED) is 0.763. The largest absolute Gasteiger partial charge is 0.443 e. The normalized spacial score (nSPS) is 15.1. The van der Waals surface area contributed by atoms with Crippen molar-refractivity contribution in [1.29, 1.82) is 5.26 Å². The molecule has 0 spiro atoms. The van der Waals surface area contributed by atoms with Crippen molar-refractivity contribution >= 4 is 39.0 Å². The summed E-state index contributed by atoms with van der Waals surface area (Å²) in [5, 5.41) is 15.8. The number of fused-ring (bicyclic) bond motifs is 1. The summed E-state index contributed by atoms with van der Waals surface area (Å²) in [4.78, 5) is 21.1. The van der Waals surface area contributed by atoms with Gasteiger partial charge in [-0.05, 0) is 12.1 Å². The second-order valence-corrected chi connectivity index (χ2v) is 6.91. The number of hydrogen-bond donors (Lipinski definition) is 1. The number of para-hydroxylation sites is 1. The van der Waals surface area contributed by atoms with E-state index in [-0.39, 0.29) is 18.2 Å². The maximum atomic E-state index is 12.5. The minimum Gasteiger partial charge on any atom is -0.443 e. The molecule has 1 aromatic carbocycles. The highest BCUT2D eigenvalue weighted by Crippen LogP contribution is 2.30. The van der Waals surface area contributed by atoms with Gasteiger partial charge in [-0.25, -0.2) is 4.98 Å². The molecule has 3 aromatic rings. The van der Waals surface area contributed by atoms with Crippen LogP contribution >= 0.6 is 11.3 Å². The number of carbonyl (C=O) groups is 1. The van der Waals surface area contributed by atoms with Crippen molar-refractivity contribution in [3.05, 3.63) is 41.6 Å². The van der Waals surface area contributed by atoms with Gasteiger partial charge in [-0.3, -0.25) is 9.69 Å². The number of piperazine rings is 1. The highest BCUT2D eigenvalue weighted by Gasteiger charge is 2.22. The molecule has 26 heavy (non-hydrogen) atoms. The van der Waals surface area contributed by atoms with Crippen molar-refractivity contribution in [3.8, 4) is 6.07 Å². The van der Waals surface area contributed by atoms with E-state index >= 15 is 0 Å². The van der Waals surface area contributed by atoms with Crippen molar-refractivity contribution in [2.75, 3.05) is 42.9 Å². The van der Waals surface area contributed by atoms with Gasteiger partial charge in [0, 0.05) is 43.1 Å². The summed E-state index contributed by atoms with van der Waals surface area (Å²) in [5.74, 6) is -0.0103. The molecule has 8 heteroatoms. The summed E-state index contributed by atoms with van der Waals surface area (Å²) >= 11 is 1.63. The van der Waals surface area contributed by atoms with Gasteiger partial charge in [-0.15, -0.1) is 11.3 Å². The molecule has 1 aliphatic rings. The van der Waals surface area contributed by atoms with Crippen molar-refractivity contribution in [2.24, 2.45) is 0 Å². The first-order valence-electron chi connectivity index (χ1n) is 8.33. The Morgan fingerprint density at radius 2 is 2.12 bits per heavy atom. The minimum absolute atomic E-state index is 0.133. The first-order valence-corrected chi connectivity index (χ1v) is 9.21. The molecule has 1 N–H and O–H groups in total. The number of amides is 1. The van der Waals surface area contributed by atoms with Crippen LogP contribution in [0.5, 0.6) is 0 Å². The molecular weight excluding hydrogens is 350 g/mol. The smallest absolute Gasteiger partial charge is 0.238 e. The van der Waals surface area contributed by atoms with Crippen LogP contribution < -0.4 is 10.2 Å². The van der Waals surface area contributed by atoms with Gasteiger partial charge in [0.2, 0.25) is 11.7 Å². The minimum atomic E-state index is -0.143. The van der Waals surface area contributed by atoms with Gasteiger partial charge in [0.1, 0.15) is 17.3 Å². The highest BCUT2D eigenvalue weighted by molar-refractivity contribution is 7.13. The third-order valence-electron chi connectivity index (χ3n) is 4.39. The van der Waals surface area contributed by atoms with Crippen LogP contribution in [0.15, 0.2) is 40.3 Å². The summed E-state index contributed by atoms with van der Waals surface area (Å²) in [7, 11) is 0. The Kier molecular flexibility index (Phi) is 4.56. The molecule has 3 heterocycles. The van der Waals surface area contributed by atoms with Gasteiger partial charge in [0.15, 0.2) is 5.13 Å². The number of anilines is 2. The van der Waals surface area contributed by atoms with Gasteiger partial charge in [0.25, 0.3) is 0 Å². The van der Waals surface area contributed by atoms with Crippen LogP contribution in [0, 0.1) is 11.3 Å². The lowest BCUT2D eigenvalue weighted by atomic mass is 10.2. The van der Waals surface area contributed by atoms with Crippen molar-refractivity contribution in [1.82, 2.24) is 9.88 Å². The molecule has 0 unspecified atom stereocenters. The monoisotopic (exact) mass is 367 g/mol. The number of nitriles is 1. The molecule has 132 valence electrons. The topological polar surface area (TPSA) is 85.4 Å². The Balaban J connectivity index is 1.39. The van der Waals surface area contributed by atoms with E-state index in [1.54, 1.807) is 17.4 Å². The standard InChI is InChI=1S/C18H17N5O2S/c19-11-15-17(13-3-1-2-4-14(13)25-15)21-16(24)12-22-6-8-23(9-7-22)18-20-5-10-26-18/h1-5,10H,6-9,12H2,(H,21,24). The van der Waals surface area contributed by atoms with Gasteiger partial charge in [-0.1, -0.05) is 12.1 Å². The van der Waals surface area contributed by atoms with Crippen molar-refractivity contribution in [2.45, 2.75) is 0 Å². The van der Waals surface area contributed by atoms with E-state index in [1.165, 1.54) is 0 Å². The number of rotatable bonds is 4. The summed E-state index contributed by atoms with van der Waals surface area (Å²) in [5.41, 5.74) is 1.05. The van der Waals surface area contributed by atoms with E-state index in [1.807, 2.05) is 35.8 Å². The fourth-order valence-corrected chi connectivity index (χ4v) is 3.80. The first kappa shape index (κ1) is 16.6. The molecule has 1 amide bonds. The molecule has 0 saturated carbocycles. The molecule has 1 aliphatic heterocycles. The molecule has 0 aliphatic carbocycles. The summed E-state index contributed by atoms with van der Waals surface area (Å²) < 4.78 is 5.49. The van der Waals surface area contributed by atoms with Crippen molar-refractivity contribution in [3.63, 3.8) is 0 Å². The van der Waals surface area contributed by atoms with Crippen LogP contribution in [-0.2, 0) is 4.79 Å². The number of nitrogens with one attached hydrogen (secondary N) is 1. The lowest BCUT2D eigenvalue weighted by molar-refractivity contribution is -0.117. The van der Waals surface area contributed by atoms with Gasteiger partial charge < -0.3 is 14.6 Å². The highest BCUT2D eigenvalue weighted by atomic mass is 32.1. The van der Waals surface area contributed by atoms with Crippen LogP contribution in [-0.4, -0.2) is 48.5 Å².